The topological polar surface area (TPSA) is 112 Å². The van der Waals surface area contributed by atoms with E-state index in [9.17, 15) is 10.1 Å². The SMILES string of the molecule is CCO[C@@H](C)CNc1cc(Br)ccc1N.CCO[C@@H](C)CNc1cc(Br)ccc1[N+](=O)[O-].S.S. The van der Waals surface area contributed by atoms with Crippen LogP contribution in [0.4, 0.5) is 22.7 Å². The van der Waals surface area contributed by atoms with Crippen LogP contribution in [0.2, 0.25) is 0 Å². The van der Waals surface area contributed by atoms with Gasteiger partial charge in [0.1, 0.15) is 5.69 Å². The van der Waals surface area contributed by atoms with Gasteiger partial charge in [0.2, 0.25) is 0 Å². The molecule has 0 fully saturated rings. The number of hydrogen-bond donors (Lipinski definition) is 3. The zero-order chi connectivity index (χ0) is 24.1. The number of nitro benzene ring substituents is 1. The fourth-order valence-electron chi connectivity index (χ4n) is 2.68. The Morgan fingerprint density at radius 3 is 1.82 bits per heavy atom. The van der Waals surface area contributed by atoms with E-state index in [2.05, 4.69) is 42.5 Å². The van der Waals surface area contributed by atoms with Crippen LogP contribution in [0.15, 0.2) is 45.3 Å². The van der Waals surface area contributed by atoms with Gasteiger partial charge in [-0.1, -0.05) is 31.9 Å². The third-order valence-electron chi connectivity index (χ3n) is 4.23. The maximum Gasteiger partial charge on any atom is 0.292 e. The van der Waals surface area contributed by atoms with Crippen molar-refractivity contribution in [1.82, 2.24) is 0 Å². The van der Waals surface area contributed by atoms with E-state index in [1.54, 1.807) is 12.1 Å². The number of hydrogen-bond acceptors (Lipinski definition) is 7. The van der Waals surface area contributed by atoms with Crippen LogP contribution >= 0.6 is 58.9 Å². The van der Waals surface area contributed by atoms with Crippen LogP contribution < -0.4 is 16.4 Å². The van der Waals surface area contributed by atoms with Crippen LogP contribution in [0.25, 0.3) is 0 Å². The molecule has 0 radical (unpaired) electrons. The summed E-state index contributed by atoms with van der Waals surface area (Å²) in [4.78, 5) is 10.4. The molecule has 2 atom stereocenters. The molecular formula is C22H36Br2N4O4S2. The molecule has 4 N–H and O–H groups in total. The first-order chi connectivity index (χ1) is 15.2. The number of nitrogens with two attached hydrogens (primary N) is 1. The second-order valence-electron chi connectivity index (χ2n) is 6.94. The first-order valence-corrected chi connectivity index (χ1v) is 12.0. The number of ether oxygens (including phenoxy) is 2. The molecule has 0 saturated heterocycles. The summed E-state index contributed by atoms with van der Waals surface area (Å²) in [5.74, 6) is 0. The van der Waals surface area contributed by atoms with Gasteiger partial charge in [-0.05, 0) is 58.0 Å². The molecule has 0 heterocycles. The molecule has 34 heavy (non-hydrogen) atoms. The third kappa shape index (κ3) is 13.6. The zero-order valence-electron chi connectivity index (χ0n) is 19.9. The Bertz CT molecular complexity index is 866. The molecule has 0 unspecified atom stereocenters. The van der Waals surface area contributed by atoms with Gasteiger partial charge < -0.3 is 25.8 Å². The normalized spacial score (nSPS) is 11.6. The van der Waals surface area contributed by atoms with Gasteiger partial charge in [0, 0.05) is 41.3 Å². The second-order valence-corrected chi connectivity index (χ2v) is 8.78. The van der Waals surface area contributed by atoms with E-state index in [0.717, 1.165) is 33.5 Å². The van der Waals surface area contributed by atoms with E-state index in [0.29, 0.717) is 18.8 Å². The van der Waals surface area contributed by atoms with Crippen molar-refractivity contribution in [2.45, 2.75) is 39.9 Å². The van der Waals surface area contributed by atoms with E-state index < -0.39 is 4.92 Å². The lowest BCUT2D eigenvalue weighted by Gasteiger charge is -2.15. The molecule has 0 saturated carbocycles. The van der Waals surface area contributed by atoms with Crippen molar-refractivity contribution in [2.24, 2.45) is 0 Å². The lowest BCUT2D eigenvalue weighted by molar-refractivity contribution is -0.384. The van der Waals surface area contributed by atoms with E-state index >= 15 is 0 Å². The Kier molecular flexibility index (Phi) is 19.6. The summed E-state index contributed by atoms with van der Waals surface area (Å²) >= 11 is 6.70. The number of anilines is 3. The molecule has 0 aliphatic heterocycles. The molecule has 0 spiro atoms. The summed E-state index contributed by atoms with van der Waals surface area (Å²) in [6, 6.07) is 10.6. The largest absolute Gasteiger partial charge is 0.397 e. The van der Waals surface area contributed by atoms with E-state index in [1.165, 1.54) is 6.07 Å². The molecule has 0 aliphatic rings. The van der Waals surface area contributed by atoms with Crippen molar-refractivity contribution in [3.05, 3.63) is 55.5 Å². The van der Waals surface area contributed by atoms with Crippen LogP contribution in [0.1, 0.15) is 27.7 Å². The standard InChI is InChI=1S/C11H15BrN2O3.C11H17BrN2O.2H2S/c1-3-17-8(2)7-13-10-6-9(12)4-5-11(10)14(15)16;1-3-15-8(2)7-14-11-6-9(12)4-5-10(11)13;;/h4-6,8,13H,3,7H2,1-2H3;4-6,8,14H,3,7,13H2,1-2H3;2*1H2/t2*8-;;/m00../s1. The predicted molar refractivity (Wildman–Crippen MR) is 159 cm³/mol. The maximum absolute atomic E-state index is 10.8. The number of nitrogens with zero attached hydrogens (tertiary/aromatic N) is 1. The highest BCUT2D eigenvalue weighted by Gasteiger charge is 2.14. The lowest BCUT2D eigenvalue weighted by Crippen LogP contribution is -2.20. The van der Waals surface area contributed by atoms with Crippen LogP contribution in [0.3, 0.4) is 0 Å². The first-order valence-electron chi connectivity index (χ1n) is 10.4. The Balaban J connectivity index is 0. The lowest BCUT2D eigenvalue weighted by atomic mass is 10.2. The predicted octanol–water partition coefficient (Wildman–Crippen LogP) is 6.29. The van der Waals surface area contributed by atoms with E-state index in [1.807, 2.05) is 45.9 Å². The minimum Gasteiger partial charge on any atom is -0.397 e. The van der Waals surface area contributed by atoms with Crippen molar-refractivity contribution in [3.63, 3.8) is 0 Å². The molecule has 2 aromatic rings. The van der Waals surface area contributed by atoms with Gasteiger partial charge in [-0.3, -0.25) is 10.1 Å². The highest BCUT2D eigenvalue weighted by atomic mass is 79.9. The molecule has 0 aromatic heterocycles. The summed E-state index contributed by atoms with van der Waals surface area (Å²) in [7, 11) is 0. The quantitative estimate of drug-likeness (QED) is 0.150. The van der Waals surface area contributed by atoms with Crippen LogP contribution in [-0.2, 0) is 9.47 Å². The van der Waals surface area contributed by atoms with Crippen molar-refractivity contribution in [2.75, 3.05) is 42.7 Å². The Labute approximate surface area is 233 Å². The van der Waals surface area contributed by atoms with Gasteiger partial charge in [0.25, 0.3) is 5.69 Å². The van der Waals surface area contributed by atoms with Gasteiger partial charge >= 0.3 is 0 Å². The molecule has 8 nitrogen and oxygen atoms in total. The summed E-state index contributed by atoms with van der Waals surface area (Å²) in [6.07, 6.45) is 0.201. The average molecular weight is 644 g/mol. The van der Waals surface area contributed by atoms with E-state index in [4.69, 9.17) is 15.2 Å². The molecule has 2 aromatic carbocycles. The van der Waals surface area contributed by atoms with Gasteiger partial charge in [0.05, 0.1) is 28.5 Å². The van der Waals surface area contributed by atoms with Crippen molar-refractivity contribution >= 4 is 81.6 Å². The minimum atomic E-state index is -0.403. The van der Waals surface area contributed by atoms with Crippen molar-refractivity contribution < 1.29 is 14.4 Å². The summed E-state index contributed by atoms with van der Waals surface area (Å²) in [5.41, 5.74) is 8.08. The molecule has 0 aliphatic carbocycles. The van der Waals surface area contributed by atoms with Crippen LogP contribution in [-0.4, -0.2) is 43.4 Å². The summed E-state index contributed by atoms with van der Waals surface area (Å²) in [6.45, 7) is 10.5. The fourth-order valence-corrected chi connectivity index (χ4v) is 3.41. The molecular weight excluding hydrogens is 608 g/mol. The second kappa shape index (κ2) is 19.1. The number of nitro groups is 1. The zero-order valence-corrected chi connectivity index (χ0v) is 25.0. The summed E-state index contributed by atoms with van der Waals surface area (Å²) < 4.78 is 12.6. The Morgan fingerprint density at radius 2 is 1.35 bits per heavy atom. The van der Waals surface area contributed by atoms with Crippen molar-refractivity contribution in [1.29, 1.82) is 0 Å². The van der Waals surface area contributed by atoms with Gasteiger partial charge in [-0.2, -0.15) is 27.0 Å². The molecule has 12 heteroatoms. The van der Waals surface area contributed by atoms with Gasteiger partial charge in [-0.25, -0.2) is 0 Å². The Hall–Kier alpha value is -1.18. The molecule has 2 rings (SSSR count). The molecule has 0 bridgehead atoms. The first kappa shape index (κ1) is 35.0. The van der Waals surface area contributed by atoms with E-state index in [-0.39, 0.29) is 44.9 Å². The van der Waals surface area contributed by atoms with Gasteiger partial charge in [-0.15, -0.1) is 0 Å². The monoisotopic (exact) mass is 642 g/mol. The summed E-state index contributed by atoms with van der Waals surface area (Å²) in [5, 5.41) is 17.1. The number of nitrogens with one attached hydrogen (secondary N) is 2. The fraction of sp³-hybridized carbons (Fsp3) is 0.455. The maximum atomic E-state index is 10.8. The number of halogens is 2. The molecule has 0 amide bonds. The highest BCUT2D eigenvalue weighted by molar-refractivity contribution is 9.10. The smallest absolute Gasteiger partial charge is 0.292 e. The van der Waals surface area contributed by atoms with Crippen LogP contribution in [0, 0.1) is 10.1 Å². The average Bonchev–Trinajstić information content (AvgIpc) is 2.73. The highest BCUT2D eigenvalue weighted by Crippen LogP contribution is 2.27. The number of rotatable bonds is 11. The minimum absolute atomic E-state index is 0. The molecule has 194 valence electrons. The Morgan fingerprint density at radius 1 is 0.912 bits per heavy atom. The third-order valence-corrected chi connectivity index (χ3v) is 5.22. The van der Waals surface area contributed by atoms with Crippen LogP contribution in [0.5, 0.6) is 0 Å². The van der Waals surface area contributed by atoms with Gasteiger partial charge in [0.15, 0.2) is 0 Å². The number of nitrogen functional groups attached to an aromatic ring is 1. The number of benzene rings is 2. The van der Waals surface area contributed by atoms with Crippen molar-refractivity contribution in [3.8, 4) is 0 Å².